The Morgan fingerprint density at radius 1 is 1.38 bits per heavy atom. The average Bonchev–Trinajstić information content (AvgIpc) is 2.58. The molecule has 0 radical (unpaired) electrons. The maximum absolute atomic E-state index is 11.8. The van der Waals surface area contributed by atoms with Crippen molar-refractivity contribution in [2.45, 2.75) is 38.5 Å². The minimum Gasteiger partial charge on any atom is -0.324 e. The summed E-state index contributed by atoms with van der Waals surface area (Å²) in [5, 5.41) is 3.51. The number of rotatable bonds is 4. The Balaban J connectivity index is 2.16. The van der Waals surface area contributed by atoms with Gasteiger partial charge < -0.3 is 5.32 Å². The summed E-state index contributed by atoms with van der Waals surface area (Å²) in [7, 11) is 0. The van der Waals surface area contributed by atoms with Crippen molar-refractivity contribution in [2.24, 2.45) is 0 Å². The van der Waals surface area contributed by atoms with Crippen LogP contribution in [0.25, 0.3) is 0 Å². The van der Waals surface area contributed by atoms with E-state index in [4.69, 9.17) is 11.6 Å². The summed E-state index contributed by atoms with van der Waals surface area (Å²) < 4.78 is 0. The summed E-state index contributed by atoms with van der Waals surface area (Å²) in [4.78, 5) is 11.8. The molecule has 0 aromatic heterocycles. The van der Waals surface area contributed by atoms with Gasteiger partial charge >= 0.3 is 0 Å². The number of benzene rings is 1. The zero-order valence-corrected chi connectivity index (χ0v) is 10.2. The molecule has 1 aromatic rings. The van der Waals surface area contributed by atoms with Crippen LogP contribution < -0.4 is 5.32 Å². The van der Waals surface area contributed by atoms with E-state index in [9.17, 15) is 4.79 Å². The molecule has 86 valence electrons. The SMILES string of the molecule is CCCCCC1C(=O)Nc2c(Cl)cccc21. The van der Waals surface area contributed by atoms with Gasteiger partial charge in [0.25, 0.3) is 0 Å². The highest BCUT2D eigenvalue weighted by molar-refractivity contribution is 6.34. The zero-order chi connectivity index (χ0) is 11.5. The first-order valence-electron chi connectivity index (χ1n) is 5.83. The first-order valence-corrected chi connectivity index (χ1v) is 6.21. The highest BCUT2D eigenvalue weighted by Crippen LogP contribution is 2.39. The van der Waals surface area contributed by atoms with E-state index in [1.54, 1.807) is 0 Å². The maximum atomic E-state index is 11.8. The number of para-hydroxylation sites is 1. The van der Waals surface area contributed by atoms with Crippen LogP contribution in [0.1, 0.15) is 44.1 Å². The molecule has 1 aromatic carbocycles. The largest absolute Gasteiger partial charge is 0.324 e. The van der Waals surface area contributed by atoms with Crippen LogP contribution in [0.15, 0.2) is 18.2 Å². The van der Waals surface area contributed by atoms with Gasteiger partial charge in [-0.2, -0.15) is 0 Å². The van der Waals surface area contributed by atoms with Gasteiger partial charge in [-0.3, -0.25) is 4.79 Å². The molecule has 2 rings (SSSR count). The van der Waals surface area contributed by atoms with Gasteiger partial charge in [-0.1, -0.05) is 49.9 Å². The number of carbonyl (C=O) groups excluding carboxylic acids is 1. The van der Waals surface area contributed by atoms with Gasteiger partial charge in [0.15, 0.2) is 0 Å². The summed E-state index contributed by atoms with van der Waals surface area (Å²) in [6.45, 7) is 2.17. The molecule has 0 fully saturated rings. The van der Waals surface area contributed by atoms with Crippen LogP contribution in [0, 0.1) is 0 Å². The summed E-state index contributed by atoms with van der Waals surface area (Å²) >= 11 is 6.05. The molecule has 1 unspecified atom stereocenters. The Morgan fingerprint density at radius 2 is 2.19 bits per heavy atom. The topological polar surface area (TPSA) is 29.1 Å². The molecule has 0 bridgehead atoms. The molecule has 1 N–H and O–H groups in total. The normalized spacial score (nSPS) is 18.4. The van der Waals surface area contributed by atoms with Gasteiger partial charge in [0, 0.05) is 0 Å². The third-order valence-electron chi connectivity index (χ3n) is 3.08. The molecular weight excluding hydrogens is 222 g/mol. The third kappa shape index (κ3) is 2.07. The number of hydrogen-bond donors (Lipinski definition) is 1. The Labute approximate surface area is 101 Å². The molecule has 1 amide bonds. The van der Waals surface area contributed by atoms with Crippen LogP contribution in [0.4, 0.5) is 5.69 Å². The van der Waals surface area contributed by atoms with Crippen molar-refractivity contribution < 1.29 is 4.79 Å². The molecule has 1 heterocycles. The first-order chi connectivity index (χ1) is 7.74. The maximum Gasteiger partial charge on any atom is 0.232 e. The van der Waals surface area contributed by atoms with Gasteiger partial charge in [-0.05, 0) is 18.1 Å². The van der Waals surface area contributed by atoms with E-state index in [0.29, 0.717) is 5.02 Å². The number of anilines is 1. The summed E-state index contributed by atoms with van der Waals surface area (Å²) in [6, 6.07) is 5.72. The highest BCUT2D eigenvalue weighted by Gasteiger charge is 2.30. The molecular formula is C13H16ClNO. The Bertz CT molecular complexity index is 403. The average molecular weight is 238 g/mol. The molecule has 16 heavy (non-hydrogen) atoms. The van der Waals surface area contributed by atoms with E-state index in [0.717, 1.165) is 24.1 Å². The second-order valence-corrected chi connectivity index (χ2v) is 4.65. The summed E-state index contributed by atoms with van der Waals surface area (Å²) in [6.07, 6.45) is 4.38. The second-order valence-electron chi connectivity index (χ2n) is 4.24. The molecule has 1 aliphatic heterocycles. The van der Waals surface area contributed by atoms with Crippen molar-refractivity contribution >= 4 is 23.2 Å². The van der Waals surface area contributed by atoms with E-state index in [1.807, 2.05) is 18.2 Å². The number of carbonyl (C=O) groups is 1. The monoisotopic (exact) mass is 237 g/mol. The molecule has 0 spiro atoms. The minimum absolute atomic E-state index is 0.000231. The minimum atomic E-state index is 0.000231. The van der Waals surface area contributed by atoms with Crippen LogP contribution in [0.3, 0.4) is 0 Å². The van der Waals surface area contributed by atoms with Crippen LogP contribution in [0.2, 0.25) is 5.02 Å². The van der Waals surface area contributed by atoms with Crippen molar-refractivity contribution in [3.63, 3.8) is 0 Å². The number of fused-ring (bicyclic) bond motifs is 1. The van der Waals surface area contributed by atoms with Gasteiger partial charge in [0.1, 0.15) is 0 Å². The van der Waals surface area contributed by atoms with Crippen molar-refractivity contribution in [3.05, 3.63) is 28.8 Å². The number of unbranched alkanes of at least 4 members (excludes halogenated alkanes) is 2. The summed E-state index contributed by atoms with van der Waals surface area (Å²) in [5.74, 6) is 0.0967. The standard InChI is InChI=1S/C13H16ClNO/c1-2-3-4-6-10-9-7-5-8-11(14)12(9)15-13(10)16/h5,7-8,10H,2-4,6H2,1H3,(H,15,16). The molecule has 2 nitrogen and oxygen atoms in total. The Kier molecular flexibility index (Phi) is 3.49. The quantitative estimate of drug-likeness (QED) is 0.790. The van der Waals surface area contributed by atoms with Gasteiger partial charge in [-0.15, -0.1) is 0 Å². The lowest BCUT2D eigenvalue weighted by molar-refractivity contribution is -0.117. The van der Waals surface area contributed by atoms with Gasteiger partial charge in [0.05, 0.1) is 16.6 Å². The lowest BCUT2D eigenvalue weighted by Crippen LogP contribution is -2.11. The van der Waals surface area contributed by atoms with Crippen molar-refractivity contribution in [1.29, 1.82) is 0 Å². The predicted octanol–water partition coefficient (Wildman–Crippen LogP) is 3.96. The third-order valence-corrected chi connectivity index (χ3v) is 3.40. The van der Waals surface area contributed by atoms with Crippen LogP contribution in [-0.4, -0.2) is 5.91 Å². The molecule has 1 atom stereocenters. The molecule has 1 aliphatic rings. The van der Waals surface area contributed by atoms with Crippen LogP contribution in [0.5, 0.6) is 0 Å². The van der Waals surface area contributed by atoms with E-state index in [-0.39, 0.29) is 11.8 Å². The molecule has 0 aliphatic carbocycles. The Morgan fingerprint density at radius 3 is 2.94 bits per heavy atom. The van der Waals surface area contributed by atoms with Gasteiger partial charge in [0.2, 0.25) is 5.91 Å². The van der Waals surface area contributed by atoms with Crippen molar-refractivity contribution in [2.75, 3.05) is 5.32 Å². The van der Waals surface area contributed by atoms with Crippen LogP contribution in [-0.2, 0) is 4.79 Å². The molecule has 0 saturated carbocycles. The lowest BCUT2D eigenvalue weighted by Gasteiger charge is -2.07. The fourth-order valence-corrected chi connectivity index (χ4v) is 2.43. The Hall–Kier alpha value is -1.02. The highest BCUT2D eigenvalue weighted by atomic mass is 35.5. The number of nitrogens with one attached hydrogen (secondary N) is 1. The fraction of sp³-hybridized carbons (Fsp3) is 0.462. The number of halogens is 1. The van der Waals surface area contributed by atoms with E-state index >= 15 is 0 Å². The van der Waals surface area contributed by atoms with Crippen molar-refractivity contribution in [1.82, 2.24) is 0 Å². The molecule has 0 saturated heterocycles. The smallest absolute Gasteiger partial charge is 0.232 e. The van der Waals surface area contributed by atoms with Gasteiger partial charge in [-0.25, -0.2) is 0 Å². The lowest BCUT2D eigenvalue weighted by atomic mass is 9.94. The number of hydrogen-bond acceptors (Lipinski definition) is 1. The zero-order valence-electron chi connectivity index (χ0n) is 9.42. The van der Waals surface area contributed by atoms with Crippen LogP contribution >= 0.6 is 11.6 Å². The second kappa shape index (κ2) is 4.88. The number of amides is 1. The van der Waals surface area contributed by atoms with E-state index in [2.05, 4.69) is 12.2 Å². The molecule has 3 heteroatoms. The fourth-order valence-electron chi connectivity index (χ4n) is 2.20. The first kappa shape index (κ1) is 11.5. The van der Waals surface area contributed by atoms with Crippen molar-refractivity contribution in [3.8, 4) is 0 Å². The summed E-state index contributed by atoms with van der Waals surface area (Å²) in [5.41, 5.74) is 1.88. The van der Waals surface area contributed by atoms with E-state index < -0.39 is 0 Å². The predicted molar refractivity (Wildman–Crippen MR) is 67.0 cm³/mol. The van der Waals surface area contributed by atoms with E-state index in [1.165, 1.54) is 12.8 Å².